The molecule has 2 aromatic heterocycles. The van der Waals surface area contributed by atoms with Gasteiger partial charge in [-0.15, -0.1) is 0 Å². The van der Waals surface area contributed by atoms with Gasteiger partial charge in [0.25, 0.3) is 5.91 Å². The number of piperidine rings is 1. The number of aromatic nitrogens is 1. The lowest BCUT2D eigenvalue weighted by Crippen LogP contribution is -2.45. The summed E-state index contributed by atoms with van der Waals surface area (Å²) in [7, 11) is 0. The van der Waals surface area contributed by atoms with Crippen molar-refractivity contribution in [3.8, 4) is 0 Å². The molecule has 0 spiro atoms. The van der Waals surface area contributed by atoms with E-state index in [-0.39, 0.29) is 11.9 Å². The van der Waals surface area contributed by atoms with E-state index in [9.17, 15) is 4.79 Å². The summed E-state index contributed by atoms with van der Waals surface area (Å²) in [6, 6.07) is 4.47. The maximum absolute atomic E-state index is 12.3. The molecule has 2 aliphatic rings. The fourth-order valence-corrected chi connectivity index (χ4v) is 3.48. The van der Waals surface area contributed by atoms with Crippen LogP contribution in [-0.4, -0.2) is 41.0 Å². The van der Waals surface area contributed by atoms with Crippen molar-refractivity contribution in [2.75, 3.05) is 13.1 Å². The predicted octanol–water partition coefficient (Wildman–Crippen LogP) is 1.65. The van der Waals surface area contributed by atoms with Crippen molar-refractivity contribution in [1.29, 1.82) is 0 Å². The van der Waals surface area contributed by atoms with Gasteiger partial charge in [0.15, 0.2) is 0 Å². The number of hydrogen-bond donors (Lipinski definition) is 1. The average molecular weight is 271 g/mol. The Balaban J connectivity index is 1.50. The standard InChI is InChI=1S/C15H17N3O2/c1-9-4-11-7-18(9)8-13(11)17-15(19)12-5-14-10(6-16-12)2-3-20-14/h2-3,5-6,9,11,13H,4,7-8H2,1H3,(H,17,19). The molecule has 2 aliphatic heterocycles. The van der Waals surface area contributed by atoms with Crippen molar-refractivity contribution < 1.29 is 9.21 Å². The van der Waals surface area contributed by atoms with E-state index in [1.54, 1.807) is 18.5 Å². The molecule has 0 saturated carbocycles. The summed E-state index contributed by atoms with van der Waals surface area (Å²) in [5.41, 5.74) is 1.13. The van der Waals surface area contributed by atoms with Gasteiger partial charge in [0.1, 0.15) is 11.3 Å². The van der Waals surface area contributed by atoms with Crippen LogP contribution in [0.1, 0.15) is 23.8 Å². The molecule has 2 saturated heterocycles. The topological polar surface area (TPSA) is 58.4 Å². The van der Waals surface area contributed by atoms with Gasteiger partial charge in [0, 0.05) is 42.8 Å². The van der Waals surface area contributed by atoms with Gasteiger partial charge in [-0.05, 0) is 25.3 Å². The van der Waals surface area contributed by atoms with Crippen molar-refractivity contribution in [2.45, 2.75) is 25.4 Å². The molecule has 2 aromatic rings. The van der Waals surface area contributed by atoms with Crippen molar-refractivity contribution in [2.24, 2.45) is 5.92 Å². The maximum atomic E-state index is 12.3. The van der Waals surface area contributed by atoms with Crippen LogP contribution >= 0.6 is 0 Å². The third kappa shape index (κ3) is 1.81. The Bertz CT molecular complexity index is 664. The van der Waals surface area contributed by atoms with Crippen LogP contribution in [0, 0.1) is 5.92 Å². The molecule has 1 amide bonds. The summed E-state index contributed by atoms with van der Waals surface area (Å²) in [4.78, 5) is 18.9. The highest BCUT2D eigenvalue weighted by Crippen LogP contribution is 2.32. The lowest BCUT2D eigenvalue weighted by molar-refractivity contribution is 0.0913. The number of furan rings is 1. The molecule has 4 heterocycles. The van der Waals surface area contributed by atoms with Gasteiger partial charge in [0.2, 0.25) is 0 Å². The van der Waals surface area contributed by atoms with Gasteiger partial charge in [0.05, 0.1) is 6.26 Å². The van der Waals surface area contributed by atoms with E-state index in [0.717, 1.165) is 18.5 Å². The van der Waals surface area contributed by atoms with Crippen LogP contribution in [-0.2, 0) is 0 Å². The molecule has 0 aliphatic carbocycles. The zero-order valence-electron chi connectivity index (χ0n) is 11.4. The van der Waals surface area contributed by atoms with Crippen LogP contribution in [0.4, 0.5) is 0 Å². The molecule has 2 bridgehead atoms. The van der Waals surface area contributed by atoms with Crippen molar-refractivity contribution in [3.63, 3.8) is 0 Å². The number of nitrogens with one attached hydrogen (secondary N) is 1. The number of rotatable bonds is 2. The molecule has 5 heteroatoms. The summed E-state index contributed by atoms with van der Waals surface area (Å²) >= 11 is 0. The first-order chi connectivity index (χ1) is 9.70. The van der Waals surface area contributed by atoms with E-state index >= 15 is 0 Å². The molecule has 0 radical (unpaired) electrons. The second-order valence-corrected chi connectivity index (χ2v) is 5.91. The second kappa shape index (κ2) is 4.31. The molecular formula is C15H17N3O2. The quantitative estimate of drug-likeness (QED) is 0.902. The minimum absolute atomic E-state index is 0.102. The lowest BCUT2D eigenvalue weighted by Gasteiger charge is -2.27. The summed E-state index contributed by atoms with van der Waals surface area (Å²) in [5.74, 6) is 0.482. The van der Waals surface area contributed by atoms with E-state index in [1.165, 1.54) is 6.42 Å². The van der Waals surface area contributed by atoms with E-state index in [0.29, 0.717) is 23.2 Å². The smallest absolute Gasteiger partial charge is 0.270 e. The Kier molecular flexibility index (Phi) is 2.57. The van der Waals surface area contributed by atoms with Gasteiger partial charge in [-0.2, -0.15) is 0 Å². The number of amides is 1. The number of carbonyl (C=O) groups is 1. The Morgan fingerprint density at radius 1 is 1.50 bits per heavy atom. The summed E-state index contributed by atoms with van der Waals surface area (Å²) in [5, 5.41) is 4.04. The SMILES string of the molecule is CC1CC2CN1CC2NC(=O)c1cc2occc2cn1. The normalized spacial score (nSPS) is 31.9. The Labute approximate surface area is 117 Å². The average Bonchev–Trinajstić information content (AvgIpc) is 3.12. The fraction of sp³-hybridized carbons (Fsp3) is 0.467. The number of nitrogens with zero attached hydrogens (tertiary/aromatic N) is 2. The van der Waals surface area contributed by atoms with Crippen molar-refractivity contribution in [3.05, 3.63) is 30.3 Å². The second-order valence-electron chi connectivity index (χ2n) is 5.91. The highest BCUT2D eigenvalue weighted by molar-refractivity contribution is 5.95. The lowest BCUT2D eigenvalue weighted by atomic mass is 9.96. The van der Waals surface area contributed by atoms with Crippen LogP contribution < -0.4 is 5.32 Å². The molecule has 2 fully saturated rings. The third-order valence-corrected chi connectivity index (χ3v) is 4.62. The first kappa shape index (κ1) is 11.9. The molecule has 20 heavy (non-hydrogen) atoms. The summed E-state index contributed by atoms with van der Waals surface area (Å²) in [6.07, 6.45) is 4.47. The fourth-order valence-electron chi connectivity index (χ4n) is 3.48. The van der Waals surface area contributed by atoms with Crippen molar-refractivity contribution in [1.82, 2.24) is 15.2 Å². The Morgan fingerprint density at radius 2 is 2.40 bits per heavy atom. The van der Waals surface area contributed by atoms with Crippen LogP contribution in [0.5, 0.6) is 0 Å². The third-order valence-electron chi connectivity index (χ3n) is 4.62. The predicted molar refractivity (Wildman–Crippen MR) is 74.4 cm³/mol. The Morgan fingerprint density at radius 3 is 3.15 bits per heavy atom. The molecule has 1 N–H and O–H groups in total. The monoisotopic (exact) mass is 271 g/mol. The summed E-state index contributed by atoms with van der Waals surface area (Å²) < 4.78 is 5.31. The molecule has 5 nitrogen and oxygen atoms in total. The van der Waals surface area contributed by atoms with Gasteiger partial charge >= 0.3 is 0 Å². The maximum Gasteiger partial charge on any atom is 0.270 e. The first-order valence-corrected chi connectivity index (χ1v) is 7.09. The van der Waals surface area contributed by atoms with Crippen LogP contribution in [0.2, 0.25) is 0 Å². The minimum Gasteiger partial charge on any atom is -0.464 e. The minimum atomic E-state index is -0.102. The number of hydrogen-bond acceptors (Lipinski definition) is 4. The van der Waals surface area contributed by atoms with E-state index in [2.05, 4.69) is 22.1 Å². The van der Waals surface area contributed by atoms with Crippen molar-refractivity contribution >= 4 is 16.9 Å². The van der Waals surface area contributed by atoms with Gasteiger partial charge in [-0.25, -0.2) is 0 Å². The van der Waals surface area contributed by atoms with Crippen LogP contribution in [0.3, 0.4) is 0 Å². The zero-order valence-corrected chi connectivity index (χ0v) is 11.4. The number of fused-ring (bicyclic) bond motifs is 3. The van der Waals surface area contributed by atoms with E-state index in [4.69, 9.17) is 4.42 Å². The van der Waals surface area contributed by atoms with Crippen LogP contribution in [0.15, 0.2) is 29.0 Å². The Hall–Kier alpha value is -1.88. The zero-order chi connectivity index (χ0) is 13.7. The molecule has 4 atom stereocenters. The van der Waals surface area contributed by atoms with Gasteiger partial charge in [-0.1, -0.05) is 0 Å². The summed E-state index contributed by atoms with van der Waals surface area (Å²) in [6.45, 7) is 4.32. The van der Waals surface area contributed by atoms with E-state index in [1.807, 2.05) is 6.07 Å². The van der Waals surface area contributed by atoms with Gasteiger partial charge < -0.3 is 9.73 Å². The molecule has 4 rings (SSSR count). The molecule has 0 aromatic carbocycles. The van der Waals surface area contributed by atoms with Gasteiger partial charge in [-0.3, -0.25) is 14.7 Å². The highest BCUT2D eigenvalue weighted by Gasteiger charge is 2.42. The number of carbonyl (C=O) groups excluding carboxylic acids is 1. The largest absolute Gasteiger partial charge is 0.464 e. The van der Waals surface area contributed by atoms with E-state index < -0.39 is 0 Å². The first-order valence-electron chi connectivity index (χ1n) is 7.09. The molecule has 104 valence electrons. The molecular weight excluding hydrogens is 254 g/mol. The van der Waals surface area contributed by atoms with Crippen LogP contribution in [0.25, 0.3) is 11.0 Å². The molecule has 4 unspecified atom stereocenters. The number of pyridine rings is 1. The highest BCUT2D eigenvalue weighted by atomic mass is 16.3.